The molecule has 0 unspecified atom stereocenters. The molecule has 3 aliphatic heterocycles. The van der Waals surface area contributed by atoms with E-state index in [4.69, 9.17) is 9.47 Å². The van der Waals surface area contributed by atoms with Gasteiger partial charge >= 0.3 is 12.2 Å². The van der Waals surface area contributed by atoms with Crippen molar-refractivity contribution in [1.82, 2.24) is 10.0 Å². The molecule has 4 aliphatic rings. The van der Waals surface area contributed by atoms with Crippen LogP contribution in [0.15, 0.2) is 35.9 Å². The number of cyclic esters (lactones) is 1. The number of nitrogens with zero attached hydrogens (tertiary/aromatic N) is 2. The van der Waals surface area contributed by atoms with Crippen LogP contribution < -0.4 is 5.32 Å². The zero-order chi connectivity index (χ0) is 18.9. The fourth-order valence-corrected chi connectivity index (χ4v) is 4.99. The number of amides is 2. The van der Waals surface area contributed by atoms with Crippen LogP contribution in [-0.4, -0.2) is 52.5 Å². The third-order valence-electron chi connectivity index (χ3n) is 6.13. The van der Waals surface area contributed by atoms with Gasteiger partial charge in [-0.1, -0.05) is 24.3 Å². The van der Waals surface area contributed by atoms with Gasteiger partial charge in [0.1, 0.15) is 6.04 Å². The van der Waals surface area contributed by atoms with Crippen LogP contribution in [0.25, 0.3) is 0 Å². The zero-order valence-corrected chi connectivity index (χ0v) is 15.6. The third-order valence-corrected chi connectivity index (χ3v) is 6.13. The monoisotopic (exact) mass is 369 g/mol. The van der Waals surface area contributed by atoms with Crippen LogP contribution in [0.4, 0.5) is 15.3 Å². The molecular weight excluding hydrogens is 346 g/mol. The maximum absolute atomic E-state index is 13.0. The molecule has 2 amide bonds. The topological polar surface area (TPSA) is 71.1 Å². The average molecular weight is 369 g/mol. The highest BCUT2D eigenvalue weighted by molar-refractivity contribution is 5.80. The normalized spacial score (nSPS) is 33.0. The van der Waals surface area contributed by atoms with E-state index in [9.17, 15) is 9.59 Å². The van der Waals surface area contributed by atoms with E-state index in [1.807, 2.05) is 19.1 Å². The van der Waals surface area contributed by atoms with Crippen molar-refractivity contribution in [1.29, 1.82) is 0 Å². The van der Waals surface area contributed by atoms with Crippen LogP contribution in [-0.2, 0) is 9.47 Å². The molecule has 0 radical (unpaired) electrons. The minimum absolute atomic E-state index is 0.0210. The molecule has 2 fully saturated rings. The highest BCUT2D eigenvalue weighted by atomic mass is 16.6. The van der Waals surface area contributed by atoms with E-state index in [-0.39, 0.29) is 24.1 Å². The summed E-state index contributed by atoms with van der Waals surface area (Å²) in [5, 5.41) is 6.52. The maximum atomic E-state index is 13.0. The van der Waals surface area contributed by atoms with E-state index < -0.39 is 17.7 Å². The Hall–Kier alpha value is -2.70. The number of ether oxygens (including phenoxy) is 2. The van der Waals surface area contributed by atoms with Crippen molar-refractivity contribution in [2.24, 2.45) is 0 Å². The molecule has 7 nitrogen and oxygen atoms in total. The molecule has 2 saturated heterocycles. The number of para-hydroxylation sites is 1. The van der Waals surface area contributed by atoms with Gasteiger partial charge in [0.25, 0.3) is 0 Å². The van der Waals surface area contributed by atoms with Gasteiger partial charge in [-0.2, -0.15) is 0 Å². The van der Waals surface area contributed by atoms with Crippen LogP contribution in [0.5, 0.6) is 0 Å². The van der Waals surface area contributed by atoms with E-state index >= 15 is 0 Å². The summed E-state index contributed by atoms with van der Waals surface area (Å²) in [7, 11) is 0. The Morgan fingerprint density at radius 2 is 2.15 bits per heavy atom. The first kappa shape index (κ1) is 16.5. The number of fused-ring (bicyclic) bond motifs is 7. The van der Waals surface area contributed by atoms with Crippen LogP contribution in [0, 0.1) is 0 Å². The first-order valence-electron chi connectivity index (χ1n) is 9.46. The number of hydrogen-bond donors (Lipinski definition) is 1. The highest BCUT2D eigenvalue weighted by Crippen LogP contribution is 2.55. The molecule has 1 aliphatic carbocycles. The summed E-state index contributed by atoms with van der Waals surface area (Å²) in [6.45, 7) is 5.98. The molecule has 3 heterocycles. The molecular formula is C20H23N3O4. The Morgan fingerprint density at radius 1 is 1.37 bits per heavy atom. The first-order valence-corrected chi connectivity index (χ1v) is 9.46. The molecule has 1 aromatic rings. The average Bonchev–Trinajstić information content (AvgIpc) is 3.21. The number of benzene rings is 1. The predicted molar refractivity (Wildman–Crippen MR) is 98.1 cm³/mol. The number of carbonyl (C=O) groups is 2. The number of hydrazine groups is 1. The van der Waals surface area contributed by atoms with Crippen LogP contribution in [0.2, 0.25) is 0 Å². The van der Waals surface area contributed by atoms with Gasteiger partial charge in [-0.25, -0.2) is 19.6 Å². The van der Waals surface area contributed by atoms with Gasteiger partial charge in [-0.3, -0.25) is 0 Å². The van der Waals surface area contributed by atoms with Gasteiger partial charge in [0.15, 0.2) is 0 Å². The molecule has 1 N–H and O–H groups in total. The van der Waals surface area contributed by atoms with Gasteiger partial charge in [-0.15, -0.1) is 0 Å². The Labute approximate surface area is 157 Å². The highest BCUT2D eigenvalue weighted by Gasteiger charge is 2.64. The molecule has 0 bridgehead atoms. The lowest BCUT2D eigenvalue weighted by molar-refractivity contribution is -0.0754. The maximum Gasteiger partial charge on any atom is 0.429 e. The van der Waals surface area contributed by atoms with Crippen molar-refractivity contribution in [3.8, 4) is 0 Å². The zero-order valence-electron chi connectivity index (χ0n) is 15.6. The van der Waals surface area contributed by atoms with Gasteiger partial charge in [-0.05, 0) is 38.0 Å². The van der Waals surface area contributed by atoms with Crippen LogP contribution >= 0.6 is 0 Å². The second kappa shape index (κ2) is 5.41. The van der Waals surface area contributed by atoms with Crippen molar-refractivity contribution >= 4 is 17.9 Å². The summed E-state index contributed by atoms with van der Waals surface area (Å²) >= 11 is 0. The molecule has 0 aromatic heterocycles. The summed E-state index contributed by atoms with van der Waals surface area (Å²) in [5.74, 6) is 0.174. The van der Waals surface area contributed by atoms with E-state index in [2.05, 4.69) is 23.5 Å². The van der Waals surface area contributed by atoms with Gasteiger partial charge in [0, 0.05) is 18.0 Å². The van der Waals surface area contributed by atoms with Crippen molar-refractivity contribution in [3.63, 3.8) is 0 Å². The minimum Gasteiger partial charge on any atom is -0.448 e. The Bertz CT molecular complexity index is 867. The van der Waals surface area contributed by atoms with Crippen molar-refractivity contribution in [2.45, 2.75) is 56.8 Å². The van der Waals surface area contributed by atoms with E-state index in [1.54, 1.807) is 13.8 Å². The standard InChI is InChI=1S/C20H23N3O4/c1-11(2)27-18(24)22-17-14(20(3)8-9-26-19(25)23(20)22)10-13-12-6-4-5-7-15(12)21-16(13)17/h4-7,10-11,13,16-17,21H,8-9H2,1-3H3/t13-,16+,17+,20-/m0/s1. The summed E-state index contributed by atoms with van der Waals surface area (Å²) in [4.78, 5) is 25.6. The summed E-state index contributed by atoms with van der Waals surface area (Å²) in [6.07, 6.45) is 1.60. The Kier molecular flexibility index (Phi) is 3.30. The van der Waals surface area contributed by atoms with E-state index in [1.165, 1.54) is 15.6 Å². The second-order valence-electron chi connectivity index (χ2n) is 8.08. The van der Waals surface area contributed by atoms with E-state index in [0.29, 0.717) is 13.0 Å². The number of rotatable bonds is 1. The summed E-state index contributed by atoms with van der Waals surface area (Å²) in [5.41, 5.74) is 2.83. The quantitative estimate of drug-likeness (QED) is 0.770. The lowest BCUT2D eigenvalue weighted by Crippen LogP contribution is -2.59. The summed E-state index contributed by atoms with van der Waals surface area (Å²) < 4.78 is 10.8. The number of nitrogens with one attached hydrogen (secondary N) is 1. The van der Waals surface area contributed by atoms with Gasteiger partial charge < -0.3 is 14.8 Å². The molecule has 0 saturated carbocycles. The largest absolute Gasteiger partial charge is 0.448 e. The number of hydrogen-bond acceptors (Lipinski definition) is 5. The Balaban J connectivity index is 1.62. The number of carbonyl (C=O) groups excluding carboxylic acids is 2. The molecule has 1 aromatic carbocycles. The minimum atomic E-state index is -0.572. The molecule has 27 heavy (non-hydrogen) atoms. The SMILES string of the molecule is CC(C)OC(=O)N1[C@@H]2C(=C[C@H]3c4ccccc4N[C@@H]23)[C@]2(C)CCOC(=O)N12. The smallest absolute Gasteiger partial charge is 0.429 e. The Morgan fingerprint density at radius 3 is 2.93 bits per heavy atom. The lowest BCUT2D eigenvalue weighted by atomic mass is 9.86. The van der Waals surface area contributed by atoms with Crippen LogP contribution in [0.1, 0.15) is 38.7 Å². The fraction of sp³-hybridized carbons (Fsp3) is 0.500. The fourth-order valence-electron chi connectivity index (χ4n) is 4.99. The van der Waals surface area contributed by atoms with Crippen LogP contribution in [0.3, 0.4) is 0 Å². The second-order valence-corrected chi connectivity index (χ2v) is 8.08. The predicted octanol–water partition coefficient (Wildman–Crippen LogP) is 3.25. The summed E-state index contributed by atoms with van der Waals surface area (Å²) in [6, 6.07) is 7.91. The molecule has 7 heteroatoms. The number of anilines is 1. The third kappa shape index (κ3) is 2.08. The molecule has 0 spiro atoms. The van der Waals surface area contributed by atoms with Crippen molar-refractivity contribution in [2.75, 3.05) is 11.9 Å². The van der Waals surface area contributed by atoms with E-state index in [0.717, 1.165) is 11.3 Å². The van der Waals surface area contributed by atoms with Crippen molar-refractivity contribution in [3.05, 3.63) is 41.5 Å². The van der Waals surface area contributed by atoms with Gasteiger partial charge in [0.05, 0.1) is 24.3 Å². The molecule has 142 valence electrons. The van der Waals surface area contributed by atoms with Crippen molar-refractivity contribution < 1.29 is 19.1 Å². The molecule has 5 rings (SSSR count). The van der Waals surface area contributed by atoms with Gasteiger partial charge in [0.2, 0.25) is 0 Å². The first-order chi connectivity index (χ1) is 12.9. The lowest BCUT2D eigenvalue weighted by Gasteiger charge is -2.42. The molecule has 4 atom stereocenters.